The largest absolute Gasteiger partial charge is 0.247 e. The van der Waals surface area contributed by atoms with Gasteiger partial charge in [-0.2, -0.15) is 5.26 Å². The van der Waals surface area contributed by atoms with E-state index < -0.39 is 0 Å². The predicted molar refractivity (Wildman–Crippen MR) is 47.3 cm³/mol. The highest BCUT2D eigenvalue weighted by Crippen LogP contribution is 1.95. The predicted octanol–water partition coefficient (Wildman–Crippen LogP) is 2.45. The molecule has 0 aromatic rings. The molecule has 58 valence electrons. The third-order valence-electron chi connectivity index (χ3n) is 1.04. The van der Waals surface area contributed by atoms with Crippen molar-refractivity contribution in [3.8, 4) is 6.07 Å². The number of rotatable bonds is 2. The molecule has 0 N–H and O–H groups in total. The Kier molecular flexibility index (Phi) is 4.76. The molecule has 0 aliphatic heterocycles. The van der Waals surface area contributed by atoms with Crippen LogP contribution in [0.5, 0.6) is 0 Å². The average molecular weight is 148 g/mol. The number of nitriles is 1. The van der Waals surface area contributed by atoms with Crippen LogP contribution in [0.4, 0.5) is 0 Å². The van der Waals surface area contributed by atoms with E-state index in [2.05, 4.69) is 4.99 Å². The minimum atomic E-state index is 0.489. The molecule has 0 aromatic heterocycles. The smallest absolute Gasteiger partial charge is 0.115 e. The number of aliphatic imine (C=N–C) groups is 1. The summed E-state index contributed by atoms with van der Waals surface area (Å²) in [5, 5.41) is 8.38. The molecule has 0 radical (unpaired) electrons. The maximum absolute atomic E-state index is 8.38. The molecule has 0 saturated heterocycles. The summed E-state index contributed by atoms with van der Waals surface area (Å²) in [6, 6.07) is 1.96. The highest BCUT2D eigenvalue weighted by molar-refractivity contribution is 5.96. The number of hydrogen-bond acceptors (Lipinski definition) is 2. The van der Waals surface area contributed by atoms with Crippen LogP contribution in [0.3, 0.4) is 0 Å². The van der Waals surface area contributed by atoms with Gasteiger partial charge in [0.1, 0.15) is 11.8 Å². The summed E-state index contributed by atoms with van der Waals surface area (Å²) >= 11 is 0. The fraction of sp³-hybridized carbons (Fsp3) is 0.333. The van der Waals surface area contributed by atoms with Crippen LogP contribution in [0.2, 0.25) is 0 Å². The molecule has 0 aliphatic carbocycles. The zero-order chi connectivity index (χ0) is 8.69. The fourth-order valence-corrected chi connectivity index (χ4v) is 0.562. The third-order valence-corrected chi connectivity index (χ3v) is 1.04. The molecular formula is C9H12N2. The Morgan fingerprint density at radius 1 is 1.45 bits per heavy atom. The Morgan fingerprint density at radius 3 is 2.55 bits per heavy atom. The maximum Gasteiger partial charge on any atom is 0.115 e. The lowest BCUT2D eigenvalue weighted by atomic mass is 10.4. The van der Waals surface area contributed by atoms with Crippen LogP contribution >= 0.6 is 0 Å². The van der Waals surface area contributed by atoms with Gasteiger partial charge in [-0.3, -0.25) is 0 Å². The molecule has 0 spiro atoms. The van der Waals surface area contributed by atoms with Crippen molar-refractivity contribution in [3.05, 3.63) is 23.9 Å². The second kappa shape index (κ2) is 5.43. The topological polar surface area (TPSA) is 36.1 Å². The van der Waals surface area contributed by atoms with Gasteiger partial charge in [-0.05, 0) is 26.8 Å². The molecule has 0 fully saturated rings. The Balaban J connectivity index is 4.29. The van der Waals surface area contributed by atoms with Gasteiger partial charge in [0.2, 0.25) is 0 Å². The summed E-state index contributed by atoms with van der Waals surface area (Å²) in [4.78, 5) is 4.00. The summed E-state index contributed by atoms with van der Waals surface area (Å²) in [6.07, 6.45) is 5.67. The van der Waals surface area contributed by atoms with Gasteiger partial charge in [0.15, 0.2) is 0 Å². The Labute approximate surface area is 67.6 Å². The van der Waals surface area contributed by atoms with Crippen LogP contribution in [0.25, 0.3) is 0 Å². The average Bonchev–Trinajstić information content (AvgIpc) is 2.00. The van der Waals surface area contributed by atoms with E-state index in [0.717, 1.165) is 5.70 Å². The number of hydrogen-bond donors (Lipinski definition) is 0. The third kappa shape index (κ3) is 5.10. The van der Waals surface area contributed by atoms with Crippen molar-refractivity contribution in [2.45, 2.75) is 20.8 Å². The number of nitrogens with zero attached hydrogens (tertiary/aromatic N) is 2. The molecule has 0 unspecified atom stereocenters. The van der Waals surface area contributed by atoms with E-state index in [-0.39, 0.29) is 0 Å². The van der Waals surface area contributed by atoms with Gasteiger partial charge < -0.3 is 0 Å². The Morgan fingerprint density at radius 2 is 2.09 bits per heavy atom. The van der Waals surface area contributed by atoms with E-state index in [0.29, 0.717) is 5.71 Å². The lowest BCUT2D eigenvalue weighted by Crippen LogP contribution is -1.83. The first-order valence-corrected chi connectivity index (χ1v) is 3.45. The van der Waals surface area contributed by atoms with Crippen molar-refractivity contribution in [2.24, 2.45) is 4.99 Å². The van der Waals surface area contributed by atoms with E-state index in [9.17, 15) is 0 Å². The zero-order valence-corrected chi connectivity index (χ0v) is 7.13. The summed E-state index contributed by atoms with van der Waals surface area (Å²) in [7, 11) is 0. The second-order valence-corrected chi connectivity index (χ2v) is 2.14. The minimum Gasteiger partial charge on any atom is -0.247 e. The summed E-state index contributed by atoms with van der Waals surface area (Å²) < 4.78 is 0. The van der Waals surface area contributed by atoms with Gasteiger partial charge in [-0.25, -0.2) is 4.99 Å². The first-order chi connectivity index (χ1) is 5.20. The van der Waals surface area contributed by atoms with Gasteiger partial charge in [0.05, 0.1) is 0 Å². The van der Waals surface area contributed by atoms with Gasteiger partial charge in [0, 0.05) is 5.70 Å². The highest BCUT2D eigenvalue weighted by atomic mass is 14.7. The maximum atomic E-state index is 8.38. The summed E-state index contributed by atoms with van der Waals surface area (Å²) in [5.74, 6) is 0. The fourth-order valence-electron chi connectivity index (χ4n) is 0.562. The zero-order valence-electron chi connectivity index (χ0n) is 7.13. The highest BCUT2D eigenvalue weighted by Gasteiger charge is 1.84. The Hall–Kier alpha value is -1.36. The van der Waals surface area contributed by atoms with Crippen LogP contribution < -0.4 is 0 Å². The molecule has 11 heavy (non-hydrogen) atoms. The lowest BCUT2D eigenvalue weighted by Gasteiger charge is -1.88. The first kappa shape index (κ1) is 9.64. The first-order valence-electron chi connectivity index (χ1n) is 3.45. The molecule has 0 saturated carbocycles. The van der Waals surface area contributed by atoms with E-state index in [4.69, 9.17) is 5.26 Å². The molecular weight excluding hydrogens is 136 g/mol. The van der Waals surface area contributed by atoms with E-state index >= 15 is 0 Å². The lowest BCUT2D eigenvalue weighted by molar-refractivity contribution is 1.30. The van der Waals surface area contributed by atoms with E-state index in [1.807, 2.05) is 38.1 Å². The minimum absolute atomic E-state index is 0.489. The molecule has 0 rings (SSSR count). The quantitative estimate of drug-likeness (QED) is 0.437. The van der Waals surface area contributed by atoms with Crippen LogP contribution in [0.15, 0.2) is 28.9 Å². The SMILES string of the molecule is C/C=C\C=C(\C)N=C(C)C#N. The van der Waals surface area contributed by atoms with Crippen molar-refractivity contribution in [2.75, 3.05) is 0 Å². The summed E-state index contributed by atoms with van der Waals surface area (Å²) in [5.41, 5.74) is 1.34. The van der Waals surface area contributed by atoms with E-state index in [1.54, 1.807) is 6.92 Å². The monoisotopic (exact) mass is 148 g/mol. The summed E-state index contributed by atoms with van der Waals surface area (Å²) in [6.45, 7) is 5.48. The standard InChI is InChI=1S/C9H12N2/c1-4-5-6-8(2)11-9(3)7-10/h4-6H,1-3H3/b5-4-,8-6-,11-9?. The van der Waals surface area contributed by atoms with Crippen molar-refractivity contribution in [1.29, 1.82) is 5.26 Å². The van der Waals surface area contributed by atoms with Crippen molar-refractivity contribution in [3.63, 3.8) is 0 Å². The normalized spacial score (nSPS) is 13.6. The molecule has 0 atom stereocenters. The van der Waals surface area contributed by atoms with Crippen LogP contribution in [0.1, 0.15) is 20.8 Å². The molecule has 0 aliphatic rings. The molecule has 0 bridgehead atoms. The molecule has 2 heteroatoms. The van der Waals surface area contributed by atoms with Crippen LogP contribution in [-0.4, -0.2) is 5.71 Å². The van der Waals surface area contributed by atoms with Gasteiger partial charge in [-0.1, -0.05) is 12.2 Å². The number of allylic oxidation sites excluding steroid dienone is 4. The van der Waals surface area contributed by atoms with Gasteiger partial charge in [-0.15, -0.1) is 0 Å². The van der Waals surface area contributed by atoms with Crippen molar-refractivity contribution in [1.82, 2.24) is 0 Å². The van der Waals surface area contributed by atoms with Crippen molar-refractivity contribution >= 4 is 5.71 Å². The molecule has 0 amide bonds. The molecule has 0 aromatic carbocycles. The van der Waals surface area contributed by atoms with Crippen molar-refractivity contribution < 1.29 is 0 Å². The Bertz CT molecular complexity index is 239. The van der Waals surface area contributed by atoms with E-state index in [1.165, 1.54) is 0 Å². The van der Waals surface area contributed by atoms with Gasteiger partial charge in [0.25, 0.3) is 0 Å². The second-order valence-electron chi connectivity index (χ2n) is 2.14. The van der Waals surface area contributed by atoms with Crippen LogP contribution in [0, 0.1) is 11.3 Å². The van der Waals surface area contributed by atoms with Crippen LogP contribution in [-0.2, 0) is 0 Å². The molecule has 0 heterocycles. The van der Waals surface area contributed by atoms with Gasteiger partial charge >= 0.3 is 0 Å². The molecule has 2 nitrogen and oxygen atoms in total.